The minimum atomic E-state index is -0.861. The van der Waals surface area contributed by atoms with Gasteiger partial charge in [-0.15, -0.1) is 0 Å². The van der Waals surface area contributed by atoms with Gasteiger partial charge in [-0.3, -0.25) is 0 Å². The van der Waals surface area contributed by atoms with Crippen LogP contribution in [0, 0.1) is 12.3 Å². The Balaban J connectivity index is 2.30. The van der Waals surface area contributed by atoms with Crippen LogP contribution in [0.4, 0.5) is 5.69 Å². The van der Waals surface area contributed by atoms with Gasteiger partial charge in [0.2, 0.25) is 0 Å². The molecule has 0 bridgehead atoms. The molecule has 1 aliphatic carbocycles. The predicted molar refractivity (Wildman–Crippen MR) is 77.8 cm³/mol. The molecule has 1 aromatic carbocycles. The number of rotatable bonds is 3. The highest BCUT2D eigenvalue weighted by Crippen LogP contribution is 2.38. The Morgan fingerprint density at radius 3 is 2.74 bits per heavy atom. The summed E-state index contributed by atoms with van der Waals surface area (Å²) < 4.78 is 0. The highest BCUT2D eigenvalue weighted by molar-refractivity contribution is 5.95. The quantitative estimate of drug-likeness (QED) is 0.862. The van der Waals surface area contributed by atoms with Crippen molar-refractivity contribution in [2.45, 2.75) is 52.5 Å². The van der Waals surface area contributed by atoms with Gasteiger partial charge in [0, 0.05) is 6.04 Å². The maximum absolute atomic E-state index is 11.3. The molecule has 1 atom stereocenters. The maximum atomic E-state index is 11.3. The van der Waals surface area contributed by atoms with Crippen LogP contribution < -0.4 is 5.32 Å². The fraction of sp³-hybridized carbons (Fsp3) is 0.562. The molecule has 0 radical (unpaired) electrons. The van der Waals surface area contributed by atoms with E-state index in [1.807, 2.05) is 13.0 Å². The van der Waals surface area contributed by atoms with E-state index < -0.39 is 5.97 Å². The maximum Gasteiger partial charge on any atom is 0.337 e. The summed E-state index contributed by atoms with van der Waals surface area (Å²) in [5.41, 5.74) is 2.38. The second-order valence-corrected chi connectivity index (χ2v) is 6.23. The van der Waals surface area contributed by atoms with Crippen LogP contribution >= 0.6 is 0 Å². The highest BCUT2D eigenvalue weighted by atomic mass is 16.4. The van der Waals surface area contributed by atoms with Crippen LogP contribution in [0.1, 0.15) is 55.5 Å². The van der Waals surface area contributed by atoms with Gasteiger partial charge < -0.3 is 10.4 Å². The third-order valence-corrected chi connectivity index (χ3v) is 4.33. The molecular formula is C16H23NO2. The summed E-state index contributed by atoms with van der Waals surface area (Å²) in [4.78, 5) is 11.3. The van der Waals surface area contributed by atoms with Crippen molar-refractivity contribution in [1.29, 1.82) is 0 Å². The van der Waals surface area contributed by atoms with E-state index in [1.54, 1.807) is 12.1 Å². The zero-order valence-corrected chi connectivity index (χ0v) is 12.0. The van der Waals surface area contributed by atoms with Crippen LogP contribution in [0.15, 0.2) is 18.2 Å². The lowest BCUT2D eigenvalue weighted by Gasteiger charge is -2.40. The lowest BCUT2D eigenvalue weighted by molar-refractivity contribution is 0.0697. The number of hydrogen-bond donors (Lipinski definition) is 2. The zero-order chi connectivity index (χ0) is 14.0. The fourth-order valence-electron chi connectivity index (χ4n) is 2.97. The standard InChI is InChI=1S/C16H23NO2/c1-11-7-6-8-12(15(18)19)14(11)17-13-9-4-5-10-16(13,2)3/h6-8,13,17H,4-5,9-10H2,1-3H3,(H,18,19). The molecule has 0 saturated heterocycles. The second kappa shape index (κ2) is 5.24. The van der Waals surface area contributed by atoms with Crippen molar-refractivity contribution in [3.63, 3.8) is 0 Å². The van der Waals surface area contributed by atoms with E-state index in [2.05, 4.69) is 19.2 Å². The molecule has 0 amide bonds. The molecule has 0 spiro atoms. The van der Waals surface area contributed by atoms with Crippen molar-refractivity contribution in [3.8, 4) is 0 Å². The summed E-state index contributed by atoms with van der Waals surface area (Å²) in [7, 11) is 0. The molecule has 0 aliphatic heterocycles. The van der Waals surface area contributed by atoms with E-state index in [0.717, 1.165) is 17.7 Å². The molecular weight excluding hydrogens is 238 g/mol. The number of carbonyl (C=O) groups is 1. The van der Waals surface area contributed by atoms with Crippen LogP contribution in [-0.4, -0.2) is 17.1 Å². The molecule has 1 aliphatic rings. The molecule has 3 nitrogen and oxygen atoms in total. The van der Waals surface area contributed by atoms with Crippen LogP contribution in [-0.2, 0) is 0 Å². The van der Waals surface area contributed by atoms with Gasteiger partial charge in [-0.25, -0.2) is 4.79 Å². The Labute approximate surface area is 115 Å². The summed E-state index contributed by atoms with van der Waals surface area (Å²) in [5.74, 6) is -0.861. The van der Waals surface area contributed by atoms with Gasteiger partial charge in [-0.1, -0.05) is 38.8 Å². The number of nitrogens with one attached hydrogen (secondary N) is 1. The van der Waals surface area contributed by atoms with Gasteiger partial charge >= 0.3 is 5.97 Å². The topological polar surface area (TPSA) is 49.3 Å². The van der Waals surface area contributed by atoms with E-state index >= 15 is 0 Å². The van der Waals surface area contributed by atoms with Crippen molar-refractivity contribution in [1.82, 2.24) is 0 Å². The fourth-order valence-corrected chi connectivity index (χ4v) is 2.97. The number of carboxylic acids is 1. The smallest absolute Gasteiger partial charge is 0.337 e. The Morgan fingerprint density at radius 2 is 2.11 bits per heavy atom. The molecule has 1 aromatic rings. The van der Waals surface area contributed by atoms with Crippen molar-refractivity contribution >= 4 is 11.7 Å². The monoisotopic (exact) mass is 261 g/mol. The van der Waals surface area contributed by atoms with Crippen molar-refractivity contribution in [2.24, 2.45) is 5.41 Å². The Hall–Kier alpha value is -1.51. The SMILES string of the molecule is Cc1cccc(C(=O)O)c1NC1CCCCC1(C)C. The third-order valence-electron chi connectivity index (χ3n) is 4.33. The largest absolute Gasteiger partial charge is 0.478 e. The summed E-state index contributed by atoms with van der Waals surface area (Å²) >= 11 is 0. The van der Waals surface area contributed by atoms with Gasteiger partial charge in [-0.2, -0.15) is 0 Å². The van der Waals surface area contributed by atoms with E-state index in [4.69, 9.17) is 0 Å². The molecule has 1 unspecified atom stereocenters. The van der Waals surface area contributed by atoms with Gasteiger partial charge in [-0.05, 0) is 36.8 Å². The highest BCUT2D eigenvalue weighted by Gasteiger charge is 2.32. The predicted octanol–water partition coefficient (Wildman–Crippen LogP) is 4.07. The number of carboxylic acid groups (broad SMARTS) is 1. The molecule has 0 aromatic heterocycles. The summed E-state index contributed by atoms with van der Waals surface area (Å²) in [6.07, 6.45) is 4.79. The summed E-state index contributed by atoms with van der Waals surface area (Å²) in [6.45, 7) is 6.50. The first-order chi connectivity index (χ1) is 8.92. The van der Waals surface area contributed by atoms with Gasteiger partial charge in [0.25, 0.3) is 0 Å². The van der Waals surface area contributed by atoms with Crippen molar-refractivity contribution < 1.29 is 9.90 Å². The number of anilines is 1. The summed E-state index contributed by atoms with van der Waals surface area (Å²) in [6, 6.07) is 5.79. The van der Waals surface area contributed by atoms with E-state index in [-0.39, 0.29) is 5.41 Å². The van der Waals surface area contributed by atoms with Crippen LogP contribution in [0.25, 0.3) is 0 Å². The Bertz CT molecular complexity index is 480. The lowest BCUT2D eigenvalue weighted by atomic mass is 9.73. The second-order valence-electron chi connectivity index (χ2n) is 6.23. The van der Waals surface area contributed by atoms with Gasteiger partial charge in [0.15, 0.2) is 0 Å². The van der Waals surface area contributed by atoms with Crippen LogP contribution in [0.5, 0.6) is 0 Å². The first-order valence-electron chi connectivity index (χ1n) is 7.01. The lowest BCUT2D eigenvalue weighted by Crippen LogP contribution is -2.39. The van der Waals surface area contributed by atoms with Crippen LogP contribution in [0.3, 0.4) is 0 Å². The minimum absolute atomic E-state index is 0.219. The summed E-state index contributed by atoms with van der Waals surface area (Å²) in [5, 5.41) is 12.8. The number of hydrogen-bond acceptors (Lipinski definition) is 2. The average molecular weight is 261 g/mol. The molecule has 2 N–H and O–H groups in total. The van der Waals surface area contributed by atoms with E-state index in [1.165, 1.54) is 19.3 Å². The van der Waals surface area contributed by atoms with Crippen molar-refractivity contribution in [2.75, 3.05) is 5.32 Å². The van der Waals surface area contributed by atoms with Gasteiger partial charge in [0.05, 0.1) is 11.3 Å². The van der Waals surface area contributed by atoms with Gasteiger partial charge in [0.1, 0.15) is 0 Å². The van der Waals surface area contributed by atoms with E-state index in [9.17, 15) is 9.90 Å². The Kier molecular flexibility index (Phi) is 3.83. The first kappa shape index (κ1) is 13.9. The number of aryl methyl sites for hydroxylation is 1. The first-order valence-corrected chi connectivity index (χ1v) is 7.01. The average Bonchev–Trinajstić information content (AvgIpc) is 2.33. The molecule has 1 saturated carbocycles. The number of aromatic carboxylic acids is 1. The minimum Gasteiger partial charge on any atom is -0.478 e. The molecule has 19 heavy (non-hydrogen) atoms. The molecule has 0 heterocycles. The van der Waals surface area contributed by atoms with Crippen LogP contribution in [0.2, 0.25) is 0 Å². The third kappa shape index (κ3) is 2.91. The molecule has 1 fully saturated rings. The van der Waals surface area contributed by atoms with E-state index in [0.29, 0.717) is 11.6 Å². The zero-order valence-electron chi connectivity index (χ0n) is 12.0. The Morgan fingerprint density at radius 1 is 1.37 bits per heavy atom. The molecule has 2 rings (SSSR count). The molecule has 104 valence electrons. The number of para-hydroxylation sites is 1. The van der Waals surface area contributed by atoms with Crippen molar-refractivity contribution in [3.05, 3.63) is 29.3 Å². The normalized spacial score (nSPS) is 21.9. The molecule has 3 heteroatoms. The number of benzene rings is 1.